The second kappa shape index (κ2) is 23.1. The van der Waals surface area contributed by atoms with Crippen LogP contribution in [0.15, 0.2) is 91.1 Å². The fraction of sp³-hybridized carbons (Fsp3) is 0.571. The van der Waals surface area contributed by atoms with Gasteiger partial charge in [0.1, 0.15) is 0 Å². The standard InChI is InChI=1S/6C6H10S.C6H3.3Bi/c6*7-6-4-2-1-3-5-6;1-2-4-6-5-3-1;;;/h6*2,4,6-7H,1,3,5H2;1,4-5H;;;/q;;;;;;;3*+2/p-6. The van der Waals surface area contributed by atoms with Gasteiger partial charge in [-0.1, -0.05) is 0 Å². The van der Waals surface area contributed by atoms with Crippen LogP contribution in [0.5, 0.6) is 0 Å². The summed E-state index contributed by atoms with van der Waals surface area (Å²) in [6.45, 7) is 0. The Morgan fingerprint density at radius 1 is 0.314 bits per heavy atom. The molecule has 0 spiro atoms. The summed E-state index contributed by atoms with van der Waals surface area (Å²) < 4.78 is 5.68. The minimum absolute atomic E-state index is 0.744. The van der Waals surface area contributed by atoms with Crippen molar-refractivity contribution in [2.24, 2.45) is 0 Å². The Bertz CT molecular complexity index is 1170. The summed E-state index contributed by atoms with van der Waals surface area (Å²) in [5, 5.41) is 4.46. The molecular weight excluding hydrogens is 1320 g/mol. The van der Waals surface area contributed by atoms with Crippen LogP contribution in [-0.4, -0.2) is 88.0 Å². The van der Waals surface area contributed by atoms with E-state index in [-0.39, 0.29) is 0 Å². The van der Waals surface area contributed by atoms with E-state index >= 15 is 0 Å². The number of benzene rings is 1. The summed E-state index contributed by atoms with van der Waals surface area (Å²) in [4.78, 5) is 0. The Morgan fingerprint density at radius 2 is 0.510 bits per heavy atom. The van der Waals surface area contributed by atoms with Gasteiger partial charge in [-0.15, -0.1) is 0 Å². The molecule has 1 aromatic rings. The molecule has 6 unspecified atom stereocenters. The molecule has 6 aliphatic rings. The summed E-state index contributed by atoms with van der Waals surface area (Å²) in [5.74, 6) is 0. The Balaban J connectivity index is 1.29. The molecule has 0 N–H and O–H groups in total. The average molecular weight is 1380 g/mol. The maximum atomic E-state index is 2.93. The third-order valence-corrected chi connectivity index (χ3v) is 80.3. The third kappa shape index (κ3) is 13.8. The van der Waals surface area contributed by atoms with E-state index in [0.29, 0.717) is 0 Å². The zero-order chi connectivity index (χ0) is 34.5. The van der Waals surface area contributed by atoms with Crippen LogP contribution < -0.4 is 9.81 Å². The summed E-state index contributed by atoms with van der Waals surface area (Å²) in [5.41, 5.74) is 0. The van der Waals surface area contributed by atoms with E-state index in [1.807, 2.05) is 9.81 Å². The van der Waals surface area contributed by atoms with Crippen molar-refractivity contribution in [2.45, 2.75) is 147 Å². The van der Waals surface area contributed by atoms with E-state index in [9.17, 15) is 0 Å². The zero-order valence-electron chi connectivity index (χ0n) is 30.1. The molecule has 6 aliphatic carbocycles. The molecule has 51 heavy (non-hydrogen) atoms. The first kappa shape index (κ1) is 41.6. The molecule has 276 valence electrons. The monoisotopic (exact) mass is 1380 g/mol. The van der Waals surface area contributed by atoms with Gasteiger partial charge in [0, 0.05) is 0 Å². The van der Waals surface area contributed by atoms with Crippen molar-refractivity contribution in [1.29, 1.82) is 0 Å². The van der Waals surface area contributed by atoms with Gasteiger partial charge >= 0.3 is 356 Å². The van der Waals surface area contributed by atoms with Gasteiger partial charge in [0.15, 0.2) is 0 Å². The van der Waals surface area contributed by atoms with E-state index in [1.165, 1.54) is 116 Å². The van der Waals surface area contributed by atoms with Gasteiger partial charge in [-0.05, 0) is 0 Å². The molecule has 0 amide bonds. The van der Waals surface area contributed by atoms with Crippen molar-refractivity contribution in [3.05, 3.63) is 91.1 Å². The van der Waals surface area contributed by atoms with Gasteiger partial charge in [-0.2, -0.15) is 0 Å². The molecular formula is C42H57Bi3S6. The molecule has 0 nitrogen and oxygen atoms in total. The molecule has 0 saturated heterocycles. The van der Waals surface area contributed by atoms with Crippen LogP contribution >= 0.6 is 51.1 Å². The van der Waals surface area contributed by atoms with E-state index in [1.54, 1.807) is 0 Å². The number of hydrogen-bond donors (Lipinski definition) is 0. The molecule has 1 aromatic carbocycles. The predicted molar refractivity (Wildman–Crippen MR) is 249 cm³/mol. The van der Waals surface area contributed by atoms with Gasteiger partial charge in [-0.3, -0.25) is 0 Å². The van der Waals surface area contributed by atoms with Crippen LogP contribution in [0.1, 0.15) is 116 Å². The molecule has 0 bridgehead atoms. The Kier molecular flexibility index (Phi) is 18.8. The Morgan fingerprint density at radius 3 is 0.667 bits per heavy atom. The van der Waals surface area contributed by atoms with Gasteiger partial charge in [-0.25, -0.2) is 0 Å². The normalized spacial score (nSPS) is 29.5. The number of rotatable bonds is 15. The second-order valence-electron chi connectivity index (χ2n) is 14.5. The molecule has 0 aromatic heterocycles. The average Bonchev–Trinajstić information content (AvgIpc) is 3.19. The molecule has 0 fully saturated rings. The fourth-order valence-electron chi connectivity index (χ4n) is 7.29. The maximum absolute atomic E-state index is 2.93. The summed E-state index contributed by atoms with van der Waals surface area (Å²) >= 11 is -6.68. The minimum atomic E-state index is -2.23. The van der Waals surface area contributed by atoms with Crippen LogP contribution in [0.3, 0.4) is 0 Å². The van der Waals surface area contributed by atoms with Gasteiger partial charge < -0.3 is 0 Å². The molecule has 0 aliphatic heterocycles. The van der Waals surface area contributed by atoms with Crippen molar-refractivity contribution in [3.8, 4) is 0 Å². The van der Waals surface area contributed by atoms with E-state index < -0.39 is 56.5 Å². The third-order valence-electron chi connectivity index (χ3n) is 10.2. The molecule has 0 saturated carbocycles. The van der Waals surface area contributed by atoms with Crippen molar-refractivity contribution in [3.63, 3.8) is 0 Å². The van der Waals surface area contributed by atoms with E-state index in [2.05, 4.69) is 142 Å². The molecule has 9 heteroatoms. The number of hydrogen-bond acceptors (Lipinski definition) is 6. The molecule has 0 radical (unpaired) electrons. The topological polar surface area (TPSA) is 0 Å². The first-order valence-corrected chi connectivity index (χ1v) is 55.6. The Hall–Kier alpha value is 2.41. The van der Waals surface area contributed by atoms with Crippen molar-refractivity contribution < 1.29 is 0 Å². The fourth-order valence-corrected chi connectivity index (χ4v) is 89.8. The van der Waals surface area contributed by atoms with Gasteiger partial charge in [0.05, 0.1) is 0 Å². The van der Waals surface area contributed by atoms with Gasteiger partial charge in [0.2, 0.25) is 0 Å². The Labute approximate surface area is 350 Å². The van der Waals surface area contributed by atoms with Crippen molar-refractivity contribution >= 4 is 117 Å². The molecule has 0 heterocycles. The van der Waals surface area contributed by atoms with E-state index in [4.69, 9.17) is 0 Å². The quantitative estimate of drug-likeness (QED) is 0.126. The van der Waals surface area contributed by atoms with Crippen LogP contribution in [0, 0.1) is 0 Å². The zero-order valence-corrected chi connectivity index (χ0v) is 45.5. The van der Waals surface area contributed by atoms with E-state index in [0.717, 1.165) is 31.5 Å². The predicted octanol–water partition coefficient (Wildman–Crippen LogP) is 11.8. The second-order valence-corrected chi connectivity index (χ2v) is 71.5. The molecule has 7 rings (SSSR count). The summed E-state index contributed by atoms with van der Waals surface area (Å²) in [7, 11) is 15.1. The van der Waals surface area contributed by atoms with Crippen LogP contribution in [0.4, 0.5) is 0 Å². The van der Waals surface area contributed by atoms with Crippen LogP contribution in [-0.2, 0) is 0 Å². The first-order valence-electron chi connectivity index (χ1n) is 19.8. The van der Waals surface area contributed by atoms with Gasteiger partial charge in [0.25, 0.3) is 0 Å². The summed E-state index contributed by atoms with van der Waals surface area (Å²) in [6, 6.07) is 8.78. The van der Waals surface area contributed by atoms with Crippen molar-refractivity contribution in [1.82, 2.24) is 0 Å². The van der Waals surface area contributed by atoms with Crippen molar-refractivity contribution in [2.75, 3.05) is 0 Å². The SMILES string of the molecule is C1=CC([S][Bi]([S]C2C=CCCC2)[c]2c[c]([Bi]([S]C3C=CCCC3)[S]C3C=CCCC3)c[c]([Bi]([S]C3C=CCCC3)[S]C3C=CCCC3)c2)CCC1. The van der Waals surface area contributed by atoms with Crippen LogP contribution in [0.2, 0.25) is 0 Å². The molecule has 6 atom stereocenters. The van der Waals surface area contributed by atoms with Crippen LogP contribution in [0.25, 0.3) is 0 Å². The summed E-state index contributed by atoms with van der Waals surface area (Å²) in [6.07, 6.45) is 55.2. The number of allylic oxidation sites excluding steroid dienone is 6. The first-order chi connectivity index (χ1) is 25.2.